The van der Waals surface area contributed by atoms with Gasteiger partial charge in [0.2, 0.25) is 10.0 Å². The van der Waals surface area contributed by atoms with Crippen molar-refractivity contribution in [1.82, 2.24) is 9.62 Å². The Morgan fingerprint density at radius 3 is 2.15 bits per heavy atom. The molecule has 0 bridgehead atoms. The van der Waals surface area contributed by atoms with Crippen LogP contribution < -0.4 is 14.4 Å². The molecule has 2 aromatic rings. The number of ether oxygens (including phenoxy) is 1. The molecule has 2 aromatic carbocycles. The largest absolute Gasteiger partial charge is 0.496 e. The monoisotopic (exact) mass is 485 g/mol. The standard InChI is InChI=1S/C26H35N3O4S/c1-33-25-14-13-23(19-24(25)26(30)29-17-5-2-3-6-18-29)34(31,32)27-20-21-9-11-22(12-10-21)28-15-7-4-8-16-28/h9-14,19,27H,2-8,15-18,20H2,1H3. The fourth-order valence-corrected chi connectivity index (χ4v) is 5.75. The molecule has 0 spiro atoms. The van der Waals surface area contributed by atoms with E-state index in [9.17, 15) is 13.2 Å². The number of rotatable bonds is 7. The molecular formula is C26H35N3O4S. The zero-order valence-electron chi connectivity index (χ0n) is 20.0. The molecule has 2 fully saturated rings. The van der Waals surface area contributed by atoms with Gasteiger partial charge in [-0.15, -0.1) is 0 Å². The molecule has 2 saturated heterocycles. The molecule has 0 radical (unpaired) electrons. The van der Waals surface area contributed by atoms with Crippen molar-refractivity contribution < 1.29 is 17.9 Å². The van der Waals surface area contributed by atoms with Crippen molar-refractivity contribution in [1.29, 1.82) is 0 Å². The van der Waals surface area contributed by atoms with E-state index in [4.69, 9.17) is 4.74 Å². The summed E-state index contributed by atoms with van der Waals surface area (Å²) in [5.74, 6) is 0.214. The first-order valence-corrected chi connectivity index (χ1v) is 13.8. The van der Waals surface area contributed by atoms with Crippen LogP contribution in [0.1, 0.15) is 60.9 Å². The second-order valence-electron chi connectivity index (χ2n) is 9.11. The number of methoxy groups -OCH3 is 1. The quantitative estimate of drug-likeness (QED) is 0.637. The number of carbonyl (C=O) groups excluding carboxylic acids is 1. The maximum Gasteiger partial charge on any atom is 0.257 e. The molecule has 34 heavy (non-hydrogen) atoms. The van der Waals surface area contributed by atoms with Crippen molar-refractivity contribution in [3.63, 3.8) is 0 Å². The Hall–Kier alpha value is -2.58. The molecule has 0 aromatic heterocycles. The first kappa shape index (κ1) is 24.5. The Kier molecular flexibility index (Phi) is 8.11. The van der Waals surface area contributed by atoms with E-state index in [0.717, 1.165) is 44.3 Å². The van der Waals surface area contributed by atoms with Crippen molar-refractivity contribution in [2.75, 3.05) is 38.2 Å². The SMILES string of the molecule is COc1ccc(S(=O)(=O)NCc2ccc(N3CCCCC3)cc2)cc1C(=O)N1CCCCCC1. The van der Waals surface area contributed by atoms with E-state index < -0.39 is 10.0 Å². The lowest BCUT2D eigenvalue weighted by Crippen LogP contribution is -2.32. The van der Waals surface area contributed by atoms with E-state index in [1.807, 2.05) is 12.1 Å². The molecule has 2 heterocycles. The smallest absolute Gasteiger partial charge is 0.257 e. The average molecular weight is 486 g/mol. The van der Waals surface area contributed by atoms with Gasteiger partial charge in [0.1, 0.15) is 5.75 Å². The van der Waals surface area contributed by atoms with Crippen molar-refractivity contribution in [2.45, 2.75) is 56.4 Å². The van der Waals surface area contributed by atoms with E-state index in [1.165, 1.54) is 44.2 Å². The summed E-state index contributed by atoms with van der Waals surface area (Å²) in [6.07, 6.45) is 7.86. The van der Waals surface area contributed by atoms with Gasteiger partial charge in [0.15, 0.2) is 0 Å². The number of sulfonamides is 1. The van der Waals surface area contributed by atoms with E-state index >= 15 is 0 Å². The molecule has 2 aliphatic heterocycles. The van der Waals surface area contributed by atoms with Gasteiger partial charge in [-0.05, 0) is 68.0 Å². The maximum atomic E-state index is 13.2. The van der Waals surface area contributed by atoms with Crippen molar-refractivity contribution in [2.24, 2.45) is 0 Å². The van der Waals surface area contributed by atoms with Crippen molar-refractivity contribution >= 4 is 21.6 Å². The van der Waals surface area contributed by atoms with Gasteiger partial charge in [0, 0.05) is 38.4 Å². The Balaban J connectivity index is 1.46. The summed E-state index contributed by atoms with van der Waals surface area (Å²) < 4.78 is 34.1. The minimum absolute atomic E-state index is 0.0661. The molecule has 0 unspecified atom stereocenters. The lowest BCUT2D eigenvalue weighted by atomic mass is 10.1. The number of nitrogens with one attached hydrogen (secondary N) is 1. The number of anilines is 1. The van der Waals surface area contributed by atoms with Crippen molar-refractivity contribution in [3.05, 3.63) is 53.6 Å². The van der Waals surface area contributed by atoms with Gasteiger partial charge in [0.25, 0.3) is 5.91 Å². The Morgan fingerprint density at radius 1 is 0.882 bits per heavy atom. The number of amides is 1. The second-order valence-corrected chi connectivity index (χ2v) is 10.9. The number of nitrogens with zero attached hydrogens (tertiary/aromatic N) is 2. The highest BCUT2D eigenvalue weighted by molar-refractivity contribution is 7.89. The van der Waals surface area contributed by atoms with Gasteiger partial charge in [-0.3, -0.25) is 4.79 Å². The molecular weight excluding hydrogens is 450 g/mol. The summed E-state index contributed by atoms with van der Waals surface area (Å²) in [6, 6.07) is 12.5. The van der Waals surface area contributed by atoms with Gasteiger partial charge in [-0.1, -0.05) is 25.0 Å². The van der Waals surface area contributed by atoms with Crippen LogP contribution in [-0.2, 0) is 16.6 Å². The molecule has 0 aliphatic carbocycles. The zero-order chi connectivity index (χ0) is 24.0. The summed E-state index contributed by atoms with van der Waals surface area (Å²) in [5, 5.41) is 0. The number of hydrogen-bond acceptors (Lipinski definition) is 5. The van der Waals surface area contributed by atoms with Crippen LogP contribution in [-0.4, -0.2) is 52.5 Å². The first-order valence-electron chi connectivity index (χ1n) is 12.3. The number of benzene rings is 2. The lowest BCUT2D eigenvalue weighted by Gasteiger charge is -2.28. The minimum Gasteiger partial charge on any atom is -0.496 e. The molecule has 8 heteroatoms. The third-order valence-corrected chi connectivity index (χ3v) is 8.13. The fraction of sp³-hybridized carbons (Fsp3) is 0.500. The average Bonchev–Trinajstić information content (AvgIpc) is 3.17. The molecule has 1 N–H and O–H groups in total. The van der Waals surface area contributed by atoms with Gasteiger partial charge in [-0.25, -0.2) is 13.1 Å². The second kappa shape index (κ2) is 11.2. The van der Waals surface area contributed by atoms with Gasteiger partial charge in [0.05, 0.1) is 17.6 Å². The Labute approximate surface area is 203 Å². The molecule has 4 rings (SSSR count). The van der Waals surface area contributed by atoms with Crippen LogP contribution in [0.5, 0.6) is 5.75 Å². The van der Waals surface area contributed by atoms with Crippen LogP contribution in [0, 0.1) is 0 Å². The normalized spacial score (nSPS) is 17.3. The first-order chi connectivity index (χ1) is 16.5. The van der Waals surface area contributed by atoms with Crippen LogP contribution >= 0.6 is 0 Å². The predicted octanol–water partition coefficient (Wildman–Crippen LogP) is 4.18. The Bertz CT molecular complexity index is 1070. The van der Waals surface area contributed by atoms with Gasteiger partial charge < -0.3 is 14.5 Å². The van der Waals surface area contributed by atoms with Gasteiger partial charge >= 0.3 is 0 Å². The molecule has 0 saturated carbocycles. The van der Waals surface area contributed by atoms with Crippen LogP contribution in [0.15, 0.2) is 47.4 Å². The zero-order valence-corrected chi connectivity index (χ0v) is 20.8. The van der Waals surface area contributed by atoms with E-state index in [2.05, 4.69) is 21.8 Å². The number of piperidine rings is 1. The molecule has 184 valence electrons. The molecule has 1 amide bonds. The summed E-state index contributed by atoms with van der Waals surface area (Å²) in [6.45, 7) is 3.70. The van der Waals surface area contributed by atoms with E-state index in [0.29, 0.717) is 18.8 Å². The van der Waals surface area contributed by atoms with Crippen LogP contribution in [0.25, 0.3) is 0 Å². The topological polar surface area (TPSA) is 79.0 Å². The minimum atomic E-state index is -3.79. The van der Waals surface area contributed by atoms with Crippen LogP contribution in [0.3, 0.4) is 0 Å². The Morgan fingerprint density at radius 2 is 1.50 bits per heavy atom. The highest BCUT2D eigenvalue weighted by Gasteiger charge is 2.24. The third-order valence-electron chi connectivity index (χ3n) is 6.73. The summed E-state index contributed by atoms with van der Waals surface area (Å²) >= 11 is 0. The number of hydrogen-bond donors (Lipinski definition) is 1. The summed E-state index contributed by atoms with van der Waals surface area (Å²) in [4.78, 5) is 17.4. The van der Waals surface area contributed by atoms with E-state index in [-0.39, 0.29) is 22.9 Å². The molecule has 2 aliphatic rings. The number of carbonyl (C=O) groups is 1. The highest BCUT2D eigenvalue weighted by Crippen LogP contribution is 2.26. The number of likely N-dealkylation sites (tertiary alicyclic amines) is 1. The van der Waals surface area contributed by atoms with Gasteiger partial charge in [-0.2, -0.15) is 0 Å². The van der Waals surface area contributed by atoms with Crippen molar-refractivity contribution in [3.8, 4) is 5.75 Å². The van der Waals surface area contributed by atoms with E-state index in [1.54, 1.807) is 11.0 Å². The molecule has 7 nitrogen and oxygen atoms in total. The maximum absolute atomic E-state index is 13.2. The summed E-state index contributed by atoms with van der Waals surface area (Å²) in [7, 11) is -2.30. The summed E-state index contributed by atoms with van der Waals surface area (Å²) in [5.41, 5.74) is 2.36. The lowest BCUT2D eigenvalue weighted by molar-refractivity contribution is 0.0758. The predicted molar refractivity (Wildman–Crippen MR) is 134 cm³/mol. The van der Waals surface area contributed by atoms with Crippen LogP contribution in [0.4, 0.5) is 5.69 Å². The fourth-order valence-electron chi connectivity index (χ4n) is 4.70. The highest BCUT2D eigenvalue weighted by atomic mass is 32.2. The van der Waals surface area contributed by atoms with Crippen LogP contribution in [0.2, 0.25) is 0 Å². The third kappa shape index (κ3) is 5.91. The molecule has 0 atom stereocenters.